The molecule has 0 saturated carbocycles. The number of fused-ring (bicyclic) bond motifs is 1. The molecule has 22 heavy (non-hydrogen) atoms. The van der Waals surface area contributed by atoms with E-state index in [9.17, 15) is 0 Å². The van der Waals surface area contributed by atoms with Crippen molar-refractivity contribution in [3.05, 3.63) is 59.8 Å². The lowest BCUT2D eigenvalue weighted by atomic mass is 10.1. The molecule has 110 valence electrons. The van der Waals surface area contributed by atoms with Crippen molar-refractivity contribution in [2.24, 2.45) is 0 Å². The quantitative estimate of drug-likeness (QED) is 0.565. The Bertz CT molecular complexity index is 863. The maximum atomic E-state index is 4.01. The van der Waals surface area contributed by atoms with Crippen LogP contribution in [-0.4, -0.2) is 30.8 Å². The molecule has 0 amide bonds. The fourth-order valence-corrected chi connectivity index (χ4v) is 2.20. The van der Waals surface area contributed by atoms with Gasteiger partial charge >= 0.3 is 0 Å². The van der Waals surface area contributed by atoms with E-state index in [2.05, 4.69) is 43.8 Å². The van der Waals surface area contributed by atoms with Crippen molar-refractivity contribution in [2.75, 3.05) is 0 Å². The lowest BCUT2D eigenvalue weighted by Crippen LogP contribution is -1.81. The first-order chi connectivity index (χ1) is 10.8. The second kappa shape index (κ2) is 6.17. The fourth-order valence-electron chi connectivity index (χ4n) is 2.20. The van der Waals surface area contributed by atoms with Crippen molar-refractivity contribution in [1.82, 2.24) is 30.8 Å². The van der Waals surface area contributed by atoms with E-state index in [1.165, 1.54) is 5.56 Å². The average molecular weight is 292 g/mol. The van der Waals surface area contributed by atoms with Gasteiger partial charge in [0.2, 0.25) is 0 Å². The maximum absolute atomic E-state index is 4.01. The second-order valence-corrected chi connectivity index (χ2v) is 4.94. The van der Waals surface area contributed by atoms with Crippen molar-refractivity contribution >= 4 is 11.0 Å². The van der Waals surface area contributed by atoms with E-state index in [0.717, 1.165) is 27.9 Å². The molecule has 6 heteroatoms. The van der Waals surface area contributed by atoms with E-state index in [4.69, 9.17) is 0 Å². The molecule has 0 aliphatic rings. The topological polar surface area (TPSA) is 83.1 Å². The van der Waals surface area contributed by atoms with Crippen LogP contribution >= 0.6 is 0 Å². The van der Waals surface area contributed by atoms with Crippen molar-refractivity contribution in [3.63, 3.8) is 0 Å². The van der Waals surface area contributed by atoms with Gasteiger partial charge in [0.1, 0.15) is 16.7 Å². The zero-order valence-electron chi connectivity index (χ0n) is 12.4. The van der Waals surface area contributed by atoms with Gasteiger partial charge in [0, 0.05) is 5.56 Å². The van der Waals surface area contributed by atoms with Gasteiger partial charge in [0.05, 0.1) is 6.20 Å². The minimum Gasteiger partial charge on any atom is -0.197 e. The van der Waals surface area contributed by atoms with E-state index in [1.807, 2.05) is 43.3 Å². The molecule has 0 saturated heterocycles. The number of benzene rings is 2. The molecule has 6 nitrogen and oxygen atoms in total. The zero-order chi connectivity index (χ0) is 15.4. The number of rotatable bonds is 1. The van der Waals surface area contributed by atoms with Crippen LogP contribution in [0.25, 0.3) is 22.3 Å². The lowest BCUT2D eigenvalue weighted by Gasteiger charge is -1.98. The third kappa shape index (κ3) is 2.85. The summed E-state index contributed by atoms with van der Waals surface area (Å²) in [6, 6.07) is 14.0. The summed E-state index contributed by atoms with van der Waals surface area (Å²) in [4.78, 5) is 0. The standard InChI is InChI=1S/C9H9N3.C7H7N3/c1-7-4-2-3-5-8(7)9-6-10-12-11-9;1-5-3-2-4-6-7(5)9-10-8-6/h2-6H,1H3,(H,10,11,12);2-4H,1H3,(H,8,9,10). The predicted octanol–water partition coefficient (Wildman–Crippen LogP) is 3.05. The number of nitrogens with zero attached hydrogens (tertiary/aromatic N) is 4. The largest absolute Gasteiger partial charge is 0.197 e. The second-order valence-electron chi connectivity index (χ2n) is 4.94. The van der Waals surface area contributed by atoms with Gasteiger partial charge < -0.3 is 0 Å². The predicted molar refractivity (Wildman–Crippen MR) is 85.2 cm³/mol. The van der Waals surface area contributed by atoms with Gasteiger partial charge in [0.15, 0.2) is 0 Å². The van der Waals surface area contributed by atoms with Gasteiger partial charge in [-0.1, -0.05) is 36.4 Å². The van der Waals surface area contributed by atoms with Crippen LogP contribution in [0.1, 0.15) is 11.1 Å². The number of aromatic nitrogens is 6. The fraction of sp³-hybridized carbons (Fsp3) is 0.125. The highest BCUT2D eigenvalue weighted by atomic mass is 15.3. The molecule has 0 spiro atoms. The third-order valence-electron chi connectivity index (χ3n) is 3.38. The molecule has 0 atom stereocenters. The summed E-state index contributed by atoms with van der Waals surface area (Å²) in [6.07, 6.45) is 1.72. The first kappa shape index (κ1) is 13.9. The molecule has 0 aliphatic heterocycles. The average Bonchev–Trinajstić information content (AvgIpc) is 3.20. The summed E-state index contributed by atoms with van der Waals surface area (Å²) in [6.45, 7) is 4.08. The number of aryl methyl sites for hydroxylation is 2. The molecule has 2 N–H and O–H groups in total. The normalized spacial score (nSPS) is 10.3. The summed E-state index contributed by atoms with van der Waals surface area (Å²) in [7, 11) is 0. The molecular weight excluding hydrogens is 276 g/mol. The highest BCUT2D eigenvalue weighted by Crippen LogP contribution is 2.18. The summed E-state index contributed by atoms with van der Waals surface area (Å²) < 4.78 is 0. The Kier molecular flexibility index (Phi) is 3.91. The molecule has 4 aromatic rings. The van der Waals surface area contributed by atoms with Crippen molar-refractivity contribution in [3.8, 4) is 11.3 Å². The molecule has 0 fully saturated rings. The number of hydrogen-bond acceptors (Lipinski definition) is 4. The van der Waals surface area contributed by atoms with E-state index in [1.54, 1.807) is 6.20 Å². The first-order valence-electron chi connectivity index (χ1n) is 6.93. The summed E-state index contributed by atoms with van der Waals surface area (Å²) in [5, 5.41) is 20.9. The molecule has 0 aliphatic carbocycles. The van der Waals surface area contributed by atoms with Gasteiger partial charge in [-0.15, -0.1) is 0 Å². The van der Waals surface area contributed by atoms with Gasteiger partial charge in [-0.05, 0) is 31.0 Å². The number of para-hydroxylation sites is 1. The van der Waals surface area contributed by atoms with Crippen LogP contribution in [0.3, 0.4) is 0 Å². The van der Waals surface area contributed by atoms with Gasteiger partial charge in [-0.25, -0.2) is 0 Å². The Balaban J connectivity index is 0.000000133. The maximum Gasteiger partial charge on any atom is 0.115 e. The van der Waals surface area contributed by atoms with E-state index >= 15 is 0 Å². The highest BCUT2D eigenvalue weighted by Gasteiger charge is 2.01. The van der Waals surface area contributed by atoms with E-state index in [-0.39, 0.29) is 0 Å². The number of nitrogens with one attached hydrogen (secondary N) is 2. The molecule has 0 radical (unpaired) electrons. The van der Waals surface area contributed by atoms with Crippen molar-refractivity contribution in [1.29, 1.82) is 0 Å². The summed E-state index contributed by atoms with van der Waals surface area (Å²) in [5.41, 5.74) is 6.29. The third-order valence-corrected chi connectivity index (χ3v) is 3.38. The number of H-pyrrole nitrogens is 2. The van der Waals surface area contributed by atoms with Crippen LogP contribution < -0.4 is 0 Å². The van der Waals surface area contributed by atoms with Crippen LogP contribution in [-0.2, 0) is 0 Å². The number of hydrogen-bond donors (Lipinski definition) is 2. The zero-order valence-corrected chi connectivity index (χ0v) is 12.4. The van der Waals surface area contributed by atoms with Gasteiger partial charge in [0.25, 0.3) is 0 Å². The van der Waals surface area contributed by atoms with E-state index in [0.29, 0.717) is 0 Å². The van der Waals surface area contributed by atoms with E-state index < -0.39 is 0 Å². The smallest absolute Gasteiger partial charge is 0.115 e. The molecule has 2 heterocycles. The Morgan fingerprint density at radius 1 is 0.773 bits per heavy atom. The minimum atomic E-state index is 0.896. The molecule has 0 bridgehead atoms. The Labute approximate surface area is 127 Å². The molecule has 2 aromatic heterocycles. The van der Waals surface area contributed by atoms with Crippen LogP contribution in [0.15, 0.2) is 48.7 Å². The van der Waals surface area contributed by atoms with Crippen LogP contribution in [0, 0.1) is 13.8 Å². The SMILES string of the molecule is Cc1cccc2n[nH]nc12.Cc1ccccc1-c1cn[nH]n1. The van der Waals surface area contributed by atoms with Crippen LogP contribution in [0.5, 0.6) is 0 Å². The van der Waals surface area contributed by atoms with Crippen molar-refractivity contribution in [2.45, 2.75) is 13.8 Å². The van der Waals surface area contributed by atoms with Crippen LogP contribution in [0.4, 0.5) is 0 Å². The lowest BCUT2D eigenvalue weighted by molar-refractivity contribution is 0.942. The molecule has 4 rings (SSSR count). The monoisotopic (exact) mass is 292 g/mol. The van der Waals surface area contributed by atoms with Gasteiger partial charge in [-0.2, -0.15) is 30.8 Å². The molecule has 0 unspecified atom stereocenters. The highest BCUT2D eigenvalue weighted by molar-refractivity contribution is 5.76. The summed E-state index contributed by atoms with van der Waals surface area (Å²) in [5.74, 6) is 0. The Hall–Kier alpha value is -3.02. The Morgan fingerprint density at radius 2 is 1.59 bits per heavy atom. The minimum absolute atomic E-state index is 0.896. The van der Waals surface area contributed by atoms with Crippen LogP contribution in [0.2, 0.25) is 0 Å². The van der Waals surface area contributed by atoms with Crippen molar-refractivity contribution < 1.29 is 0 Å². The Morgan fingerprint density at radius 3 is 2.32 bits per heavy atom. The first-order valence-corrected chi connectivity index (χ1v) is 6.93. The molecular formula is C16H16N6. The summed E-state index contributed by atoms with van der Waals surface area (Å²) >= 11 is 0. The molecule has 2 aromatic carbocycles. The van der Waals surface area contributed by atoms with Gasteiger partial charge in [-0.3, -0.25) is 0 Å². The number of aromatic amines is 2.